The van der Waals surface area contributed by atoms with Crippen LogP contribution in [0.15, 0.2) is 44.5 Å². The summed E-state index contributed by atoms with van der Waals surface area (Å²) < 4.78 is 35.4. The van der Waals surface area contributed by atoms with E-state index in [2.05, 4.69) is 14.8 Å². The fourth-order valence-corrected chi connectivity index (χ4v) is 3.49. The van der Waals surface area contributed by atoms with Crippen molar-refractivity contribution >= 4 is 33.2 Å². The highest BCUT2D eigenvalue weighted by molar-refractivity contribution is 7.91. The van der Waals surface area contributed by atoms with E-state index in [-0.39, 0.29) is 10.8 Å². The Balaban J connectivity index is 1.68. The van der Waals surface area contributed by atoms with Crippen LogP contribution in [-0.2, 0) is 30.9 Å². The van der Waals surface area contributed by atoms with Gasteiger partial charge >= 0.3 is 5.97 Å². The van der Waals surface area contributed by atoms with E-state index >= 15 is 0 Å². The van der Waals surface area contributed by atoms with E-state index in [4.69, 9.17) is 4.42 Å². The van der Waals surface area contributed by atoms with Gasteiger partial charge in [-0.2, -0.15) is 4.72 Å². The van der Waals surface area contributed by atoms with Crippen LogP contribution in [0.1, 0.15) is 5.76 Å². The molecule has 0 atom stereocenters. The summed E-state index contributed by atoms with van der Waals surface area (Å²) in [7, 11) is -3.74. The van der Waals surface area contributed by atoms with E-state index in [0.717, 1.165) is 11.3 Å². The first kappa shape index (κ1) is 17.2. The van der Waals surface area contributed by atoms with Gasteiger partial charge in [-0.25, -0.2) is 8.42 Å². The molecule has 2 heterocycles. The van der Waals surface area contributed by atoms with Crippen molar-refractivity contribution in [2.45, 2.75) is 10.8 Å². The largest absolute Gasteiger partial charge is 0.467 e. The van der Waals surface area contributed by atoms with E-state index in [0.29, 0.717) is 5.76 Å². The van der Waals surface area contributed by atoms with Gasteiger partial charge in [0.2, 0.25) is 0 Å². The smallest absolute Gasteiger partial charge is 0.321 e. The molecule has 0 unspecified atom stereocenters. The number of rotatable bonds is 8. The third-order valence-corrected chi connectivity index (χ3v) is 5.37. The highest BCUT2D eigenvalue weighted by atomic mass is 32.2. The first-order valence-electron chi connectivity index (χ1n) is 6.45. The lowest BCUT2D eigenvalue weighted by atomic mass is 10.4. The average Bonchev–Trinajstić information content (AvgIpc) is 3.22. The lowest BCUT2D eigenvalue weighted by Crippen LogP contribution is -2.33. The second-order valence-electron chi connectivity index (χ2n) is 4.27. The molecule has 0 spiro atoms. The maximum Gasteiger partial charge on any atom is 0.321 e. The first-order valence-corrected chi connectivity index (χ1v) is 8.81. The molecule has 2 N–H and O–H groups in total. The number of thiophene rings is 1. The summed E-state index contributed by atoms with van der Waals surface area (Å²) in [5.74, 6) is -0.803. The minimum Gasteiger partial charge on any atom is -0.467 e. The van der Waals surface area contributed by atoms with Gasteiger partial charge in [0.15, 0.2) is 6.61 Å². The molecular formula is C13H14N2O6S2. The molecule has 124 valence electrons. The van der Waals surface area contributed by atoms with Gasteiger partial charge < -0.3 is 14.5 Å². The SMILES string of the molecule is O=C(COC(=O)CNS(=O)(=O)c1cccs1)NCc1ccco1. The van der Waals surface area contributed by atoms with Crippen LogP contribution in [0.5, 0.6) is 0 Å². The summed E-state index contributed by atoms with van der Waals surface area (Å²) in [6, 6.07) is 6.37. The first-order chi connectivity index (χ1) is 11.0. The monoisotopic (exact) mass is 358 g/mol. The topological polar surface area (TPSA) is 115 Å². The summed E-state index contributed by atoms with van der Waals surface area (Å²) in [5, 5.41) is 4.10. The molecule has 23 heavy (non-hydrogen) atoms. The number of hydrogen-bond donors (Lipinski definition) is 2. The van der Waals surface area contributed by atoms with Gasteiger partial charge in [-0.1, -0.05) is 6.07 Å². The normalized spacial score (nSPS) is 11.1. The maximum atomic E-state index is 11.8. The zero-order chi connectivity index (χ0) is 16.7. The van der Waals surface area contributed by atoms with Crippen LogP contribution >= 0.6 is 11.3 Å². The molecule has 0 aliphatic rings. The summed E-state index contributed by atoms with van der Waals surface area (Å²) in [6.45, 7) is -0.875. The fraction of sp³-hybridized carbons (Fsp3) is 0.231. The lowest BCUT2D eigenvalue weighted by molar-refractivity contribution is -0.147. The molecule has 1 amide bonds. The number of esters is 1. The Morgan fingerprint density at radius 1 is 1.26 bits per heavy atom. The minimum atomic E-state index is -3.74. The number of hydrogen-bond acceptors (Lipinski definition) is 7. The van der Waals surface area contributed by atoms with Crippen molar-refractivity contribution in [1.82, 2.24) is 10.0 Å². The van der Waals surface area contributed by atoms with E-state index in [9.17, 15) is 18.0 Å². The van der Waals surface area contributed by atoms with Crippen molar-refractivity contribution in [3.63, 3.8) is 0 Å². The Morgan fingerprint density at radius 2 is 2.09 bits per heavy atom. The molecular weight excluding hydrogens is 344 g/mol. The van der Waals surface area contributed by atoms with Gasteiger partial charge in [0.05, 0.1) is 12.8 Å². The standard InChI is InChI=1S/C13H14N2O6S2/c16-11(14-7-10-3-1-5-20-10)9-21-12(17)8-15-23(18,19)13-4-2-6-22-13/h1-6,15H,7-9H2,(H,14,16). The maximum absolute atomic E-state index is 11.8. The second kappa shape index (κ2) is 7.90. The molecule has 0 aliphatic carbocycles. The third-order valence-electron chi connectivity index (χ3n) is 2.57. The average molecular weight is 358 g/mol. The number of amides is 1. The Kier molecular flexibility index (Phi) is 5.90. The second-order valence-corrected chi connectivity index (χ2v) is 7.21. The number of sulfonamides is 1. The van der Waals surface area contributed by atoms with Gasteiger partial charge in [-0.05, 0) is 23.6 Å². The van der Waals surface area contributed by atoms with Gasteiger partial charge in [-0.15, -0.1) is 11.3 Å². The predicted octanol–water partition coefficient (Wildman–Crippen LogP) is 0.479. The van der Waals surface area contributed by atoms with E-state index < -0.39 is 35.1 Å². The molecule has 2 aromatic rings. The molecule has 0 fully saturated rings. The molecule has 2 rings (SSSR count). The third kappa shape index (κ3) is 5.51. The van der Waals surface area contributed by atoms with Crippen molar-refractivity contribution in [3.05, 3.63) is 41.7 Å². The zero-order valence-electron chi connectivity index (χ0n) is 11.9. The molecule has 8 nitrogen and oxygen atoms in total. The number of ether oxygens (including phenoxy) is 1. The van der Waals surface area contributed by atoms with Gasteiger partial charge in [0.25, 0.3) is 15.9 Å². The highest BCUT2D eigenvalue weighted by Gasteiger charge is 2.17. The van der Waals surface area contributed by atoms with Crippen molar-refractivity contribution in [3.8, 4) is 0 Å². The van der Waals surface area contributed by atoms with Gasteiger partial charge in [0, 0.05) is 0 Å². The van der Waals surface area contributed by atoms with Crippen LogP contribution in [-0.4, -0.2) is 33.4 Å². The van der Waals surface area contributed by atoms with E-state index in [1.807, 2.05) is 0 Å². The van der Waals surface area contributed by atoms with E-state index in [1.54, 1.807) is 23.6 Å². The zero-order valence-corrected chi connectivity index (χ0v) is 13.5. The Labute approximate surface area is 136 Å². The van der Waals surface area contributed by atoms with Gasteiger partial charge in [0.1, 0.15) is 16.5 Å². The number of furan rings is 1. The Hall–Kier alpha value is -2.17. The fourth-order valence-electron chi connectivity index (χ4n) is 1.49. The van der Waals surface area contributed by atoms with Crippen LogP contribution in [0.2, 0.25) is 0 Å². The quantitative estimate of drug-likeness (QED) is 0.663. The minimum absolute atomic E-state index is 0.0986. The summed E-state index contributed by atoms with van der Waals surface area (Å²) >= 11 is 1.03. The van der Waals surface area contributed by atoms with Crippen LogP contribution in [0, 0.1) is 0 Å². The van der Waals surface area contributed by atoms with Crippen molar-refractivity contribution in [2.24, 2.45) is 0 Å². The number of carbonyl (C=O) groups excluding carboxylic acids is 2. The van der Waals surface area contributed by atoms with Crippen LogP contribution in [0.25, 0.3) is 0 Å². The summed E-state index contributed by atoms with van der Waals surface area (Å²) in [4.78, 5) is 22.9. The molecule has 0 bridgehead atoms. The Bertz CT molecular complexity index is 738. The highest BCUT2D eigenvalue weighted by Crippen LogP contribution is 2.14. The van der Waals surface area contributed by atoms with Crippen LogP contribution < -0.4 is 10.0 Å². The molecule has 2 aromatic heterocycles. The summed E-state index contributed by atoms with van der Waals surface area (Å²) in [6.07, 6.45) is 1.47. The molecule has 0 aliphatic heterocycles. The molecule has 10 heteroatoms. The molecule has 0 aromatic carbocycles. The Morgan fingerprint density at radius 3 is 2.74 bits per heavy atom. The van der Waals surface area contributed by atoms with Crippen LogP contribution in [0.3, 0.4) is 0 Å². The molecule has 0 radical (unpaired) electrons. The molecule has 0 saturated heterocycles. The number of nitrogens with one attached hydrogen (secondary N) is 2. The molecule has 0 saturated carbocycles. The lowest BCUT2D eigenvalue weighted by Gasteiger charge is -2.06. The van der Waals surface area contributed by atoms with E-state index in [1.165, 1.54) is 12.3 Å². The number of carbonyl (C=O) groups is 2. The van der Waals surface area contributed by atoms with Crippen molar-refractivity contribution < 1.29 is 27.2 Å². The summed E-state index contributed by atoms with van der Waals surface area (Å²) in [5.41, 5.74) is 0. The van der Waals surface area contributed by atoms with Crippen LogP contribution in [0.4, 0.5) is 0 Å². The van der Waals surface area contributed by atoms with Crippen molar-refractivity contribution in [2.75, 3.05) is 13.2 Å². The van der Waals surface area contributed by atoms with Crippen molar-refractivity contribution in [1.29, 1.82) is 0 Å². The van der Waals surface area contributed by atoms with Gasteiger partial charge in [-0.3, -0.25) is 9.59 Å². The predicted molar refractivity (Wildman–Crippen MR) is 81.0 cm³/mol.